The zero-order chi connectivity index (χ0) is 37.8. The van der Waals surface area contributed by atoms with E-state index < -0.39 is 0 Å². The van der Waals surface area contributed by atoms with Gasteiger partial charge in [0.25, 0.3) is 0 Å². The molecule has 0 bridgehead atoms. The normalized spacial score (nSPS) is 15.0. The van der Waals surface area contributed by atoms with Crippen LogP contribution in [0.15, 0.2) is 193 Å². The average Bonchev–Trinajstić information content (AvgIpc) is 3.25. The highest BCUT2D eigenvalue weighted by atomic mass is 16.1. The van der Waals surface area contributed by atoms with Gasteiger partial charge in [-0.15, -0.1) is 0 Å². The molecule has 2 aliphatic carbocycles. The Morgan fingerprint density at radius 1 is 0.393 bits per heavy atom. The molecule has 8 nitrogen and oxygen atoms in total. The Labute approximate surface area is 322 Å². The molecule has 0 unspecified atom stereocenters. The molecule has 0 spiro atoms. The van der Waals surface area contributed by atoms with E-state index in [1.807, 2.05) is 109 Å². The number of para-hydroxylation sites is 2. The number of anilines is 2. The van der Waals surface area contributed by atoms with Crippen molar-refractivity contribution in [2.75, 3.05) is 10.6 Å². The molecule has 266 valence electrons. The molecule has 0 amide bonds. The first-order valence-corrected chi connectivity index (χ1v) is 18.1. The van der Waals surface area contributed by atoms with Crippen molar-refractivity contribution in [3.63, 3.8) is 0 Å². The molecule has 0 atom stereocenters. The second kappa shape index (κ2) is 14.9. The third-order valence-corrected chi connectivity index (χ3v) is 9.55. The van der Waals surface area contributed by atoms with Gasteiger partial charge in [0.2, 0.25) is 0 Å². The van der Waals surface area contributed by atoms with Crippen LogP contribution in [0.4, 0.5) is 11.4 Å². The van der Waals surface area contributed by atoms with Crippen molar-refractivity contribution in [2.45, 2.75) is 0 Å². The van der Waals surface area contributed by atoms with Gasteiger partial charge in [-0.05, 0) is 85.0 Å². The SMILES string of the molecule is O=C1C=CC=CC1=CNc1ccc(-c2nc(-c3ccc(-c4nc(-c5ccc(NC=C6C=CC=CC6=O)cc5)nc5ccccc45)cc3)c3ccccc3n2)cc1. The van der Waals surface area contributed by atoms with Gasteiger partial charge in [-0.25, -0.2) is 19.9 Å². The third kappa shape index (κ3) is 6.98. The molecule has 2 aromatic heterocycles. The topological polar surface area (TPSA) is 110 Å². The molecule has 56 heavy (non-hydrogen) atoms. The number of fused-ring (bicyclic) bond motifs is 2. The highest BCUT2D eigenvalue weighted by Gasteiger charge is 2.15. The van der Waals surface area contributed by atoms with Crippen LogP contribution in [0.1, 0.15) is 0 Å². The molecule has 0 aliphatic heterocycles. The summed E-state index contributed by atoms with van der Waals surface area (Å²) in [6.07, 6.45) is 17.2. The maximum atomic E-state index is 12.1. The fourth-order valence-electron chi connectivity index (χ4n) is 6.59. The van der Waals surface area contributed by atoms with Gasteiger partial charge in [-0.1, -0.05) is 85.0 Å². The molecule has 0 saturated carbocycles. The van der Waals surface area contributed by atoms with E-state index >= 15 is 0 Å². The number of benzene rings is 5. The van der Waals surface area contributed by atoms with Crippen molar-refractivity contribution in [2.24, 2.45) is 0 Å². The molecular weight excluding hydrogens is 693 g/mol. The van der Waals surface area contributed by atoms with E-state index in [2.05, 4.69) is 34.9 Å². The quantitative estimate of drug-likeness (QED) is 0.149. The maximum Gasteiger partial charge on any atom is 0.187 e. The van der Waals surface area contributed by atoms with E-state index in [9.17, 15) is 9.59 Å². The van der Waals surface area contributed by atoms with Gasteiger partial charge in [-0.3, -0.25) is 9.59 Å². The van der Waals surface area contributed by atoms with Gasteiger partial charge in [-0.2, -0.15) is 0 Å². The Bertz CT molecular complexity index is 2670. The molecule has 2 N–H and O–H groups in total. The Balaban J connectivity index is 1.01. The minimum absolute atomic E-state index is 0.0346. The highest BCUT2D eigenvalue weighted by Crippen LogP contribution is 2.34. The van der Waals surface area contributed by atoms with Gasteiger partial charge >= 0.3 is 0 Å². The fourth-order valence-corrected chi connectivity index (χ4v) is 6.59. The van der Waals surface area contributed by atoms with Crippen molar-refractivity contribution in [1.29, 1.82) is 0 Å². The number of ketones is 2. The van der Waals surface area contributed by atoms with Crippen LogP contribution >= 0.6 is 0 Å². The molecule has 2 heterocycles. The molecule has 9 rings (SSSR count). The highest BCUT2D eigenvalue weighted by molar-refractivity contribution is 6.08. The summed E-state index contributed by atoms with van der Waals surface area (Å²) in [5.41, 5.74) is 9.90. The van der Waals surface area contributed by atoms with Gasteiger partial charge in [0.1, 0.15) is 0 Å². The Kier molecular flexibility index (Phi) is 9.03. The van der Waals surface area contributed by atoms with Crippen LogP contribution in [0.25, 0.3) is 67.1 Å². The summed E-state index contributed by atoms with van der Waals surface area (Å²) in [6, 6.07) is 40.1. The Morgan fingerprint density at radius 2 is 0.768 bits per heavy atom. The van der Waals surface area contributed by atoms with Crippen LogP contribution in [0.5, 0.6) is 0 Å². The monoisotopic (exact) mass is 724 g/mol. The van der Waals surface area contributed by atoms with Crippen LogP contribution in [-0.2, 0) is 9.59 Å². The first-order chi connectivity index (χ1) is 27.6. The van der Waals surface area contributed by atoms with Crippen LogP contribution in [-0.4, -0.2) is 31.5 Å². The number of allylic oxidation sites excluding steroid dienone is 10. The standard InChI is InChI=1S/C48H32N6O2/c55-43-15-7-1-9-35(43)29-49-37-25-21-33(22-26-37)47-51-41-13-5-3-11-39(41)45(53-47)31-17-19-32(20-18-31)46-40-12-4-6-14-42(40)52-48(54-46)34-23-27-38(28-24-34)50-30-36-10-2-8-16-44(36)56/h1-30,49-50H. The van der Waals surface area contributed by atoms with Gasteiger partial charge in [0.15, 0.2) is 23.2 Å². The number of hydrogen-bond acceptors (Lipinski definition) is 8. The summed E-state index contributed by atoms with van der Waals surface area (Å²) in [7, 11) is 0. The average molecular weight is 725 g/mol. The van der Waals surface area contributed by atoms with Gasteiger partial charge in [0, 0.05) is 67.9 Å². The van der Waals surface area contributed by atoms with Crippen molar-refractivity contribution < 1.29 is 9.59 Å². The number of carbonyl (C=O) groups is 2. The lowest BCUT2D eigenvalue weighted by atomic mass is 10.0. The molecule has 2 aliphatic rings. The van der Waals surface area contributed by atoms with E-state index in [1.54, 1.807) is 48.9 Å². The molecule has 0 saturated heterocycles. The third-order valence-electron chi connectivity index (χ3n) is 9.55. The first-order valence-electron chi connectivity index (χ1n) is 18.1. The number of rotatable bonds is 8. The lowest BCUT2D eigenvalue weighted by Crippen LogP contribution is -2.01. The largest absolute Gasteiger partial charge is 0.361 e. The number of nitrogens with one attached hydrogen (secondary N) is 2. The predicted octanol–water partition coefficient (Wildman–Crippen LogP) is 10.2. The molecule has 5 aromatic carbocycles. The Hall–Kier alpha value is -7.84. The summed E-state index contributed by atoms with van der Waals surface area (Å²) >= 11 is 0. The van der Waals surface area contributed by atoms with E-state index in [0.29, 0.717) is 22.8 Å². The van der Waals surface area contributed by atoms with Crippen LogP contribution in [0, 0.1) is 0 Å². The predicted molar refractivity (Wildman–Crippen MR) is 224 cm³/mol. The zero-order valence-electron chi connectivity index (χ0n) is 29.9. The van der Waals surface area contributed by atoms with E-state index in [1.165, 1.54) is 0 Å². The van der Waals surface area contributed by atoms with Crippen molar-refractivity contribution in [3.05, 3.63) is 193 Å². The minimum atomic E-state index is -0.0346. The van der Waals surface area contributed by atoms with E-state index in [-0.39, 0.29) is 11.6 Å². The lowest BCUT2D eigenvalue weighted by molar-refractivity contribution is -0.111. The number of nitrogens with zero attached hydrogens (tertiary/aromatic N) is 4. The van der Waals surface area contributed by atoms with Crippen molar-refractivity contribution >= 4 is 44.7 Å². The summed E-state index contributed by atoms with van der Waals surface area (Å²) in [5, 5.41) is 8.34. The van der Waals surface area contributed by atoms with E-state index in [4.69, 9.17) is 19.9 Å². The summed E-state index contributed by atoms with van der Waals surface area (Å²) < 4.78 is 0. The zero-order valence-corrected chi connectivity index (χ0v) is 29.9. The van der Waals surface area contributed by atoms with Gasteiger partial charge in [0.05, 0.1) is 22.4 Å². The summed E-state index contributed by atoms with van der Waals surface area (Å²) in [4.78, 5) is 44.3. The molecule has 0 fully saturated rings. The van der Waals surface area contributed by atoms with Crippen molar-refractivity contribution in [3.8, 4) is 45.3 Å². The second-order valence-corrected chi connectivity index (χ2v) is 13.2. The molecular formula is C48H32N6O2. The minimum Gasteiger partial charge on any atom is -0.361 e. The number of hydrogen-bond donors (Lipinski definition) is 2. The van der Waals surface area contributed by atoms with Crippen molar-refractivity contribution in [1.82, 2.24) is 19.9 Å². The smallest absolute Gasteiger partial charge is 0.187 e. The number of aromatic nitrogens is 4. The maximum absolute atomic E-state index is 12.1. The molecule has 8 heteroatoms. The molecule has 7 aromatic rings. The number of carbonyl (C=O) groups excluding carboxylic acids is 2. The van der Waals surface area contributed by atoms with Gasteiger partial charge < -0.3 is 10.6 Å². The fraction of sp³-hybridized carbons (Fsp3) is 0. The first kappa shape index (κ1) is 34.0. The summed E-state index contributed by atoms with van der Waals surface area (Å²) in [6.45, 7) is 0. The van der Waals surface area contributed by atoms with Crippen LogP contribution < -0.4 is 10.6 Å². The lowest BCUT2D eigenvalue weighted by Gasteiger charge is -2.12. The van der Waals surface area contributed by atoms with Crippen LogP contribution in [0.3, 0.4) is 0 Å². The second-order valence-electron chi connectivity index (χ2n) is 13.2. The summed E-state index contributed by atoms with van der Waals surface area (Å²) in [5.74, 6) is 1.16. The molecule has 0 radical (unpaired) electrons. The van der Waals surface area contributed by atoms with Crippen LogP contribution in [0.2, 0.25) is 0 Å². The Morgan fingerprint density at radius 3 is 1.18 bits per heavy atom. The van der Waals surface area contributed by atoms with E-state index in [0.717, 1.165) is 66.8 Å².